The van der Waals surface area contributed by atoms with Crippen molar-refractivity contribution in [2.45, 2.75) is 81.9 Å². The summed E-state index contributed by atoms with van der Waals surface area (Å²) in [6.07, 6.45) is 7.57. The Bertz CT molecular complexity index is 214. The van der Waals surface area contributed by atoms with Gasteiger partial charge in [-0.1, -0.05) is 25.1 Å². The molecule has 0 saturated heterocycles. The Labute approximate surface area is 100.0 Å². The van der Waals surface area contributed by atoms with Gasteiger partial charge in [0.05, 0.1) is 7.85 Å². The van der Waals surface area contributed by atoms with E-state index in [9.17, 15) is 4.39 Å². The minimum atomic E-state index is -0.545. The molecule has 16 heavy (non-hydrogen) atoms. The highest BCUT2D eigenvalue weighted by atomic mass is 19.1. The molecule has 2 aliphatic carbocycles. The second-order valence-corrected chi connectivity index (χ2v) is 6.04. The van der Waals surface area contributed by atoms with Crippen LogP contribution in [-0.2, 0) is 0 Å². The summed E-state index contributed by atoms with van der Waals surface area (Å²) in [7, 11) is 6.11. The van der Waals surface area contributed by atoms with Crippen molar-refractivity contribution in [1.29, 1.82) is 0 Å². The zero-order chi connectivity index (χ0) is 11.6. The molecule has 0 spiro atoms. The highest BCUT2D eigenvalue weighted by molar-refractivity contribution is 6.14. The van der Waals surface area contributed by atoms with E-state index in [1.54, 1.807) is 0 Å². The molecule has 0 atom stereocenters. The van der Waals surface area contributed by atoms with Gasteiger partial charge >= 0.3 is 0 Å². The van der Waals surface area contributed by atoms with Gasteiger partial charge in [0.15, 0.2) is 0 Å². The fourth-order valence-electron chi connectivity index (χ4n) is 3.00. The minimum absolute atomic E-state index is 0.0504. The molecule has 0 heterocycles. The summed E-state index contributed by atoms with van der Waals surface area (Å²) < 4.78 is 13.0. The van der Waals surface area contributed by atoms with E-state index in [4.69, 9.17) is 7.85 Å². The van der Waals surface area contributed by atoms with Crippen LogP contribution in [0.25, 0.3) is 0 Å². The number of alkyl halides is 1. The average molecular weight is 223 g/mol. The first-order chi connectivity index (χ1) is 7.55. The summed E-state index contributed by atoms with van der Waals surface area (Å²) >= 11 is 0. The van der Waals surface area contributed by atoms with Gasteiger partial charge in [-0.05, 0) is 38.5 Å². The SMILES string of the molecule is [B]C1(C)CCC(NC2CCC(F)CC2)CC1. The lowest BCUT2D eigenvalue weighted by Crippen LogP contribution is -2.43. The molecule has 0 unspecified atom stereocenters. The molecule has 3 heteroatoms. The number of hydrogen-bond acceptors (Lipinski definition) is 1. The second-order valence-electron chi connectivity index (χ2n) is 6.04. The van der Waals surface area contributed by atoms with Crippen LogP contribution in [0.5, 0.6) is 0 Å². The van der Waals surface area contributed by atoms with E-state index < -0.39 is 6.17 Å². The van der Waals surface area contributed by atoms with Gasteiger partial charge in [-0.3, -0.25) is 0 Å². The summed E-state index contributed by atoms with van der Waals surface area (Å²) in [5.74, 6) is 0. The van der Waals surface area contributed by atoms with Crippen LogP contribution in [0.1, 0.15) is 58.3 Å². The summed E-state index contributed by atoms with van der Waals surface area (Å²) in [6.45, 7) is 2.15. The molecular formula is C13H23BFN. The van der Waals surface area contributed by atoms with Crippen LogP contribution >= 0.6 is 0 Å². The highest BCUT2D eigenvalue weighted by Crippen LogP contribution is 2.39. The van der Waals surface area contributed by atoms with Gasteiger partial charge in [0, 0.05) is 12.1 Å². The predicted molar refractivity (Wildman–Crippen MR) is 66.7 cm³/mol. The molecule has 1 nitrogen and oxygen atoms in total. The van der Waals surface area contributed by atoms with Gasteiger partial charge in [0.1, 0.15) is 6.17 Å². The first-order valence-electron chi connectivity index (χ1n) is 6.74. The van der Waals surface area contributed by atoms with Crippen LogP contribution in [0, 0.1) is 0 Å². The van der Waals surface area contributed by atoms with Crippen molar-refractivity contribution in [2.24, 2.45) is 0 Å². The van der Waals surface area contributed by atoms with Crippen molar-refractivity contribution in [3.8, 4) is 0 Å². The predicted octanol–water partition coefficient (Wildman–Crippen LogP) is 3.15. The zero-order valence-corrected chi connectivity index (χ0v) is 10.3. The Kier molecular flexibility index (Phi) is 3.94. The van der Waals surface area contributed by atoms with Crippen molar-refractivity contribution in [3.05, 3.63) is 0 Å². The van der Waals surface area contributed by atoms with Gasteiger partial charge in [-0.15, -0.1) is 0 Å². The van der Waals surface area contributed by atoms with E-state index in [2.05, 4.69) is 12.2 Å². The Balaban J connectivity index is 1.71. The topological polar surface area (TPSA) is 12.0 Å². The Morgan fingerprint density at radius 1 is 1.00 bits per heavy atom. The van der Waals surface area contributed by atoms with Gasteiger partial charge in [0.2, 0.25) is 0 Å². The fraction of sp³-hybridized carbons (Fsp3) is 1.00. The third-order valence-corrected chi connectivity index (χ3v) is 4.26. The number of hydrogen-bond donors (Lipinski definition) is 1. The van der Waals surface area contributed by atoms with Crippen LogP contribution in [0.4, 0.5) is 4.39 Å². The molecule has 2 aliphatic rings. The number of rotatable bonds is 2. The average Bonchev–Trinajstić information content (AvgIpc) is 2.24. The van der Waals surface area contributed by atoms with Gasteiger partial charge in [-0.2, -0.15) is 0 Å². The first kappa shape index (κ1) is 12.4. The Morgan fingerprint density at radius 3 is 2.06 bits per heavy atom. The fourth-order valence-corrected chi connectivity index (χ4v) is 3.00. The van der Waals surface area contributed by atoms with Crippen molar-refractivity contribution in [3.63, 3.8) is 0 Å². The maximum Gasteiger partial charge on any atom is 0.100 e. The van der Waals surface area contributed by atoms with Gasteiger partial charge in [0.25, 0.3) is 0 Å². The van der Waals surface area contributed by atoms with E-state index >= 15 is 0 Å². The molecule has 0 aliphatic heterocycles. The molecule has 0 aromatic carbocycles. The van der Waals surface area contributed by atoms with Crippen LogP contribution in [-0.4, -0.2) is 26.1 Å². The van der Waals surface area contributed by atoms with Crippen molar-refractivity contribution in [1.82, 2.24) is 5.32 Å². The summed E-state index contributed by atoms with van der Waals surface area (Å²) in [6, 6.07) is 1.18. The van der Waals surface area contributed by atoms with Gasteiger partial charge < -0.3 is 5.32 Å². The van der Waals surface area contributed by atoms with Crippen LogP contribution in [0.3, 0.4) is 0 Å². The lowest BCUT2D eigenvalue weighted by molar-refractivity contribution is 0.199. The molecular weight excluding hydrogens is 200 g/mol. The smallest absolute Gasteiger partial charge is 0.100 e. The monoisotopic (exact) mass is 223 g/mol. The van der Waals surface area contributed by atoms with E-state index in [-0.39, 0.29) is 5.31 Å². The normalized spacial score (nSPS) is 45.5. The third kappa shape index (κ3) is 3.48. The molecule has 0 amide bonds. The summed E-state index contributed by atoms with van der Waals surface area (Å²) in [5, 5.41) is 3.74. The molecule has 2 fully saturated rings. The van der Waals surface area contributed by atoms with E-state index in [0.717, 1.165) is 38.5 Å². The molecule has 2 rings (SSSR count). The maximum atomic E-state index is 13.0. The quantitative estimate of drug-likeness (QED) is 0.709. The lowest BCUT2D eigenvalue weighted by atomic mass is 9.61. The molecule has 0 aromatic heterocycles. The van der Waals surface area contributed by atoms with Crippen LogP contribution < -0.4 is 5.32 Å². The molecule has 0 bridgehead atoms. The largest absolute Gasteiger partial charge is 0.311 e. The first-order valence-corrected chi connectivity index (χ1v) is 6.74. The zero-order valence-electron chi connectivity index (χ0n) is 10.3. The van der Waals surface area contributed by atoms with Crippen LogP contribution in [0.2, 0.25) is 5.31 Å². The number of nitrogens with one attached hydrogen (secondary N) is 1. The highest BCUT2D eigenvalue weighted by Gasteiger charge is 2.28. The summed E-state index contributed by atoms with van der Waals surface area (Å²) in [5.41, 5.74) is 0. The van der Waals surface area contributed by atoms with Crippen LogP contribution in [0.15, 0.2) is 0 Å². The Hall–Kier alpha value is -0.0451. The molecule has 2 radical (unpaired) electrons. The maximum absolute atomic E-state index is 13.0. The lowest BCUT2D eigenvalue weighted by Gasteiger charge is -2.38. The molecule has 90 valence electrons. The van der Waals surface area contributed by atoms with Gasteiger partial charge in [-0.25, -0.2) is 4.39 Å². The molecule has 0 aromatic rings. The second kappa shape index (κ2) is 5.08. The van der Waals surface area contributed by atoms with Crippen molar-refractivity contribution in [2.75, 3.05) is 0 Å². The Morgan fingerprint density at radius 2 is 1.50 bits per heavy atom. The third-order valence-electron chi connectivity index (χ3n) is 4.26. The van der Waals surface area contributed by atoms with Crippen molar-refractivity contribution >= 4 is 7.85 Å². The minimum Gasteiger partial charge on any atom is -0.311 e. The van der Waals surface area contributed by atoms with E-state index in [1.165, 1.54) is 12.8 Å². The van der Waals surface area contributed by atoms with E-state index in [1.807, 2.05) is 0 Å². The number of halogens is 1. The van der Waals surface area contributed by atoms with E-state index in [0.29, 0.717) is 12.1 Å². The molecule has 1 N–H and O–H groups in total. The standard InChI is InChI=1S/C13H23BFN/c1-13(14)8-6-12(7-9-13)16-11-4-2-10(15)3-5-11/h10-12,16H,2-9H2,1H3. The summed E-state index contributed by atoms with van der Waals surface area (Å²) in [4.78, 5) is 0. The van der Waals surface area contributed by atoms with Crippen molar-refractivity contribution < 1.29 is 4.39 Å². The molecule has 2 saturated carbocycles.